The monoisotopic (exact) mass is 355 g/mol. The number of hydrogen-bond acceptors (Lipinski definition) is 4. The SMILES string of the molecule is CCc1nc(C)sc1CN1CCC2(CC1)C(=O)N(C)c1ccccc12. The minimum absolute atomic E-state index is 0.274. The van der Waals surface area contributed by atoms with Crippen molar-refractivity contribution in [1.82, 2.24) is 9.88 Å². The summed E-state index contributed by atoms with van der Waals surface area (Å²) in [5.74, 6) is 0.274. The van der Waals surface area contributed by atoms with Gasteiger partial charge in [0, 0.05) is 24.2 Å². The van der Waals surface area contributed by atoms with Gasteiger partial charge in [0.15, 0.2) is 0 Å². The van der Waals surface area contributed by atoms with Crippen molar-refractivity contribution < 1.29 is 4.79 Å². The number of nitrogens with zero attached hydrogens (tertiary/aromatic N) is 3. The summed E-state index contributed by atoms with van der Waals surface area (Å²) in [6.07, 6.45) is 2.81. The first-order valence-corrected chi connectivity index (χ1v) is 9.92. The molecule has 0 aliphatic carbocycles. The molecule has 1 fully saturated rings. The maximum absolute atomic E-state index is 13.0. The Morgan fingerprint density at radius 3 is 2.68 bits per heavy atom. The predicted octanol–water partition coefficient (Wildman–Crippen LogP) is 3.52. The summed E-state index contributed by atoms with van der Waals surface area (Å²) >= 11 is 1.82. The van der Waals surface area contributed by atoms with Gasteiger partial charge in [0.1, 0.15) is 0 Å². The predicted molar refractivity (Wildman–Crippen MR) is 102 cm³/mol. The van der Waals surface area contributed by atoms with Gasteiger partial charge >= 0.3 is 0 Å². The Bertz CT molecular complexity index is 805. The minimum Gasteiger partial charge on any atom is -0.314 e. The van der Waals surface area contributed by atoms with E-state index in [2.05, 4.69) is 41.9 Å². The average molecular weight is 356 g/mol. The van der Waals surface area contributed by atoms with Crippen LogP contribution in [0.2, 0.25) is 0 Å². The second-order valence-corrected chi connectivity index (χ2v) is 8.48. The Balaban J connectivity index is 1.53. The Morgan fingerprint density at radius 2 is 1.96 bits per heavy atom. The first kappa shape index (κ1) is 16.7. The summed E-state index contributed by atoms with van der Waals surface area (Å²) in [5, 5.41) is 1.15. The summed E-state index contributed by atoms with van der Waals surface area (Å²) in [4.78, 5) is 23.4. The molecule has 1 spiro atoms. The van der Waals surface area contributed by atoms with Gasteiger partial charge < -0.3 is 4.90 Å². The molecule has 5 heteroatoms. The molecule has 3 heterocycles. The molecule has 4 rings (SSSR count). The van der Waals surface area contributed by atoms with Crippen LogP contribution in [0.4, 0.5) is 5.69 Å². The van der Waals surface area contributed by atoms with Crippen LogP contribution in [-0.2, 0) is 23.2 Å². The normalized spacial score (nSPS) is 19.6. The van der Waals surface area contributed by atoms with Crippen LogP contribution in [0.5, 0.6) is 0 Å². The highest BCUT2D eigenvalue weighted by molar-refractivity contribution is 7.11. The van der Waals surface area contributed by atoms with Crippen molar-refractivity contribution in [2.75, 3.05) is 25.0 Å². The molecule has 1 amide bonds. The lowest BCUT2D eigenvalue weighted by atomic mass is 9.73. The molecule has 25 heavy (non-hydrogen) atoms. The molecular formula is C20H25N3OS. The van der Waals surface area contributed by atoms with Gasteiger partial charge in [0.25, 0.3) is 0 Å². The van der Waals surface area contributed by atoms with Crippen molar-refractivity contribution in [2.24, 2.45) is 0 Å². The van der Waals surface area contributed by atoms with Crippen LogP contribution in [0.3, 0.4) is 0 Å². The fourth-order valence-corrected chi connectivity index (χ4v) is 5.48. The molecule has 0 unspecified atom stereocenters. The number of piperidine rings is 1. The highest BCUT2D eigenvalue weighted by atomic mass is 32.1. The second kappa shape index (κ2) is 6.22. The lowest BCUT2D eigenvalue weighted by Crippen LogP contribution is -2.47. The van der Waals surface area contributed by atoms with Crippen LogP contribution in [0.25, 0.3) is 0 Å². The van der Waals surface area contributed by atoms with Gasteiger partial charge in [0.05, 0.1) is 16.1 Å². The molecule has 0 bridgehead atoms. The van der Waals surface area contributed by atoms with Crippen molar-refractivity contribution in [1.29, 1.82) is 0 Å². The van der Waals surface area contributed by atoms with Crippen molar-refractivity contribution in [3.63, 3.8) is 0 Å². The largest absolute Gasteiger partial charge is 0.314 e. The van der Waals surface area contributed by atoms with E-state index in [1.807, 2.05) is 29.4 Å². The molecule has 1 aromatic heterocycles. The third kappa shape index (κ3) is 2.61. The number of anilines is 1. The number of likely N-dealkylation sites (N-methyl/N-ethyl adjacent to an activating group) is 1. The zero-order valence-electron chi connectivity index (χ0n) is 15.2. The zero-order valence-corrected chi connectivity index (χ0v) is 16.0. The van der Waals surface area contributed by atoms with Gasteiger partial charge in [-0.25, -0.2) is 4.98 Å². The third-order valence-electron chi connectivity index (χ3n) is 5.79. The molecule has 2 aromatic rings. The smallest absolute Gasteiger partial charge is 0.237 e. The fourth-order valence-electron chi connectivity index (χ4n) is 4.41. The molecule has 0 N–H and O–H groups in total. The molecule has 2 aliphatic rings. The molecule has 0 atom stereocenters. The van der Waals surface area contributed by atoms with E-state index in [0.717, 1.165) is 49.6 Å². The van der Waals surface area contributed by atoms with Crippen LogP contribution >= 0.6 is 11.3 Å². The number of fused-ring (bicyclic) bond motifs is 2. The van der Waals surface area contributed by atoms with E-state index in [4.69, 9.17) is 0 Å². The fraction of sp³-hybridized carbons (Fsp3) is 0.500. The number of likely N-dealkylation sites (tertiary alicyclic amines) is 1. The zero-order chi connectivity index (χ0) is 17.6. The minimum atomic E-state index is -0.307. The lowest BCUT2D eigenvalue weighted by Gasteiger charge is -2.38. The summed E-state index contributed by atoms with van der Waals surface area (Å²) < 4.78 is 0. The summed E-state index contributed by atoms with van der Waals surface area (Å²) in [6.45, 7) is 7.16. The topological polar surface area (TPSA) is 36.4 Å². The Hall–Kier alpha value is -1.72. The second-order valence-electron chi connectivity index (χ2n) is 7.20. The molecule has 4 nitrogen and oxygen atoms in total. The number of carbonyl (C=O) groups is 1. The lowest BCUT2D eigenvalue weighted by molar-refractivity contribution is -0.124. The number of benzene rings is 1. The Morgan fingerprint density at radius 1 is 1.24 bits per heavy atom. The van der Waals surface area contributed by atoms with Crippen LogP contribution < -0.4 is 4.90 Å². The Kier molecular flexibility index (Phi) is 4.16. The highest BCUT2D eigenvalue weighted by Gasteiger charge is 2.50. The van der Waals surface area contributed by atoms with E-state index in [0.29, 0.717) is 0 Å². The molecule has 2 aliphatic heterocycles. The maximum Gasteiger partial charge on any atom is 0.237 e. The number of aryl methyl sites for hydroxylation is 2. The van der Waals surface area contributed by atoms with Crippen molar-refractivity contribution in [3.05, 3.63) is 45.4 Å². The Labute approximate surface area is 153 Å². The van der Waals surface area contributed by atoms with Crippen LogP contribution in [-0.4, -0.2) is 35.9 Å². The van der Waals surface area contributed by atoms with Gasteiger partial charge in [0.2, 0.25) is 5.91 Å². The average Bonchev–Trinajstić information content (AvgIpc) is 3.09. The van der Waals surface area contributed by atoms with E-state index in [1.54, 1.807) is 0 Å². The first-order valence-electron chi connectivity index (χ1n) is 9.10. The highest BCUT2D eigenvalue weighted by Crippen LogP contribution is 2.47. The van der Waals surface area contributed by atoms with Crippen molar-refractivity contribution in [2.45, 2.75) is 45.1 Å². The molecule has 1 saturated heterocycles. The molecule has 1 aromatic carbocycles. The van der Waals surface area contributed by atoms with Crippen molar-refractivity contribution in [3.8, 4) is 0 Å². The number of aromatic nitrogens is 1. The summed E-state index contributed by atoms with van der Waals surface area (Å²) in [5.41, 5.74) is 3.25. The van der Waals surface area contributed by atoms with E-state index in [9.17, 15) is 4.79 Å². The van der Waals surface area contributed by atoms with E-state index >= 15 is 0 Å². The number of thiazole rings is 1. The molecule has 0 radical (unpaired) electrons. The number of amides is 1. The van der Waals surface area contributed by atoms with Crippen LogP contribution in [0.15, 0.2) is 24.3 Å². The first-order chi connectivity index (χ1) is 12.0. The van der Waals surface area contributed by atoms with E-state index < -0.39 is 0 Å². The number of carbonyl (C=O) groups excluding carboxylic acids is 1. The van der Waals surface area contributed by atoms with Gasteiger partial charge in [-0.1, -0.05) is 25.1 Å². The standard InChI is InChI=1S/C20H25N3OS/c1-4-16-18(25-14(2)21-16)13-23-11-9-20(10-12-23)15-7-5-6-8-17(15)22(3)19(20)24/h5-8H,4,9-13H2,1-3H3. The van der Waals surface area contributed by atoms with Gasteiger partial charge in [-0.2, -0.15) is 0 Å². The van der Waals surface area contributed by atoms with E-state index in [1.165, 1.54) is 16.1 Å². The number of rotatable bonds is 3. The number of para-hydroxylation sites is 1. The third-order valence-corrected chi connectivity index (χ3v) is 6.79. The van der Waals surface area contributed by atoms with Gasteiger partial charge in [-0.3, -0.25) is 9.69 Å². The van der Waals surface area contributed by atoms with Crippen molar-refractivity contribution >= 4 is 22.9 Å². The van der Waals surface area contributed by atoms with E-state index in [-0.39, 0.29) is 11.3 Å². The molecule has 132 valence electrons. The maximum atomic E-state index is 13.0. The van der Waals surface area contributed by atoms with Crippen LogP contribution in [0.1, 0.15) is 40.9 Å². The number of hydrogen-bond donors (Lipinski definition) is 0. The summed E-state index contributed by atoms with van der Waals surface area (Å²) in [7, 11) is 1.91. The molecule has 0 saturated carbocycles. The summed E-state index contributed by atoms with van der Waals surface area (Å²) in [6, 6.07) is 8.30. The van der Waals surface area contributed by atoms with Gasteiger partial charge in [-0.15, -0.1) is 11.3 Å². The quantitative estimate of drug-likeness (QED) is 0.845. The van der Waals surface area contributed by atoms with Gasteiger partial charge in [-0.05, 0) is 50.9 Å². The van der Waals surface area contributed by atoms with Crippen LogP contribution in [0, 0.1) is 6.92 Å². The molecular weight excluding hydrogens is 330 g/mol.